The van der Waals surface area contributed by atoms with E-state index in [4.69, 9.17) is 9.47 Å². The third-order valence-corrected chi connectivity index (χ3v) is 10.6. The van der Waals surface area contributed by atoms with E-state index in [2.05, 4.69) is 15.4 Å². The van der Waals surface area contributed by atoms with Crippen LogP contribution in [-0.2, 0) is 29.1 Å². The van der Waals surface area contributed by atoms with Gasteiger partial charge in [-0.1, -0.05) is 12.2 Å². The molecule has 13 nitrogen and oxygen atoms in total. The molecule has 236 valence electrons. The number of carbonyl (C=O) groups excluding carboxylic acids is 4. The normalized spacial score (nSPS) is 29.5. The summed E-state index contributed by atoms with van der Waals surface area (Å²) in [6.45, 7) is 0.495. The maximum absolute atomic E-state index is 13.8. The number of benzene rings is 1. The molecule has 3 N–H and O–H groups in total. The van der Waals surface area contributed by atoms with E-state index in [0.29, 0.717) is 31.6 Å². The number of hydrogen-bond donors (Lipinski definition) is 3. The molecule has 1 aromatic rings. The molecule has 14 heteroatoms. The summed E-state index contributed by atoms with van der Waals surface area (Å²) in [5.74, 6) is -3.36. The molecule has 4 amide bonds. The number of ether oxygens (including phenoxy) is 2. The van der Waals surface area contributed by atoms with E-state index in [9.17, 15) is 32.9 Å². The van der Waals surface area contributed by atoms with Gasteiger partial charge in [-0.2, -0.15) is 5.26 Å². The third kappa shape index (κ3) is 6.83. The Kier molecular flexibility index (Phi) is 8.88. The number of hydrogen-bond acceptors (Lipinski definition) is 9. The second-order valence-electron chi connectivity index (χ2n) is 12.0. The van der Waals surface area contributed by atoms with Gasteiger partial charge < -0.3 is 19.7 Å². The fourth-order valence-corrected chi connectivity index (χ4v) is 7.41. The van der Waals surface area contributed by atoms with Gasteiger partial charge in [0.05, 0.1) is 35.8 Å². The van der Waals surface area contributed by atoms with Crippen molar-refractivity contribution in [2.45, 2.75) is 68.3 Å². The van der Waals surface area contributed by atoms with Gasteiger partial charge in [0.25, 0.3) is 5.91 Å². The summed E-state index contributed by atoms with van der Waals surface area (Å²) in [5, 5.41) is 14.0. The zero-order valence-corrected chi connectivity index (χ0v) is 25.5. The van der Waals surface area contributed by atoms with E-state index in [0.717, 1.165) is 12.8 Å². The van der Waals surface area contributed by atoms with Gasteiger partial charge in [-0.15, -0.1) is 0 Å². The first kappa shape index (κ1) is 31.3. The number of carbonyl (C=O) groups is 4. The number of nitrogens with zero attached hydrogens (tertiary/aromatic N) is 2. The zero-order chi connectivity index (χ0) is 31.6. The number of fused-ring (bicyclic) bond motifs is 2. The second-order valence-corrected chi connectivity index (χ2v) is 14.0. The van der Waals surface area contributed by atoms with Crippen LogP contribution in [0.5, 0.6) is 5.75 Å². The molecule has 5 atom stereocenters. The highest BCUT2D eigenvalue weighted by atomic mass is 32.2. The quantitative estimate of drug-likeness (QED) is 0.398. The Hall–Kier alpha value is -4.12. The van der Waals surface area contributed by atoms with E-state index < -0.39 is 56.7 Å². The summed E-state index contributed by atoms with van der Waals surface area (Å²) < 4.78 is 38.1. The van der Waals surface area contributed by atoms with Gasteiger partial charge in [-0.05, 0) is 63.5 Å². The number of rotatable bonds is 6. The summed E-state index contributed by atoms with van der Waals surface area (Å²) in [6.07, 6.45) is 5.74. The number of allylic oxidation sites excluding steroid dienone is 1. The van der Waals surface area contributed by atoms with Gasteiger partial charge in [0.1, 0.15) is 17.4 Å². The van der Waals surface area contributed by atoms with E-state index in [-0.39, 0.29) is 42.3 Å². The Morgan fingerprint density at radius 2 is 1.89 bits per heavy atom. The molecule has 3 fully saturated rings. The van der Waals surface area contributed by atoms with Crippen molar-refractivity contribution < 1.29 is 37.1 Å². The molecule has 3 aliphatic carbocycles. The maximum Gasteiger partial charge on any atom is 0.411 e. The molecule has 1 heterocycles. The van der Waals surface area contributed by atoms with Crippen LogP contribution in [0.3, 0.4) is 0 Å². The Bertz CT molecular complexity index is 1520. The molecule has 1 aromatic carbocycles. The largest absolute Gasteiger partial charge is 0.497 e. The van der Waals surface area contributed by atoms with Gasteiger partial charge in [-0.3, -0.25) is 24.4 Å². The highest BCUT2D eigenvalue weighted by Gasteiger charge is 2.62. The van der Waals surface area contributed by atoms with Crippen LogP contribution in [-0.4, -0.2) is 74.7 Å². The molecule has 0 aromatic heterocycles. The topological polar surface area (TPSA) is 184 Å². The Morgan fingerprint density at radius 1 is 1.14 bits per heavy atom. The molecular weight excluding hydrogens is 590 g/mol. The van der Waals surface area contributed by atoms with Crippen LogP contribution < -0.4 is 20.1 Å². The summed E-state index contributed by atoms with van der Waals surface area (Å²) in [4.78, 5) is 55.1. The van der Waals surface area contributed by atoms with E-state index in [1.165, 1.54) is 25.3 Å². The summed E-state index contributed by atoms with van der Waals surface area (Å²) in [5.41, 5.74) is -0.899. The standard InChI is InChI=1S/C30H37N5O8S/c1-35-10-6-4-3-5-7-19-16-30(19,28(38)34-44(40,41)23-8-9-23)33-26(36)24-14-22(15-25(24)27(35)37)43-29(39)32-20-11-18(17-31)12-21(13-20)42-2/h5,7,11-13,19,22-25H,3-4,6,8-10,14-16H2,1-2H3,(H,32,39)(H,33,36)(H,34,38)/b7-5-/t19-,22-,24-,25-,30-/m1/s1. The fourth-order valence-electron chi connectivity index (χ4n) is 6.04. The number of nitrogens with one attached hydrogen (secondary N) is 3. The smallest absolute Gasteiger partial charge is 0.411 e. The van der Waals surface area contributed by atoms with Crippen LogP contribution in [0.15, 0.2) is 30.4 Å². The van der Waals surface area contributed by atoms with E-state index >= 15 is 0 Å². The molecule has 0 bridgehead atoms. The van der Waals surface area contributed by atoms with Crippen LogP contribution in [0.4, 0.5) is 10.5 Å². The Labute approximate surface area is 256 Å². The molecule has 4 aliphatic rings. The second kappa shape index (κ2) is 12.5. The monoisotopic (exact) mass is 627 g/mol. The first-order chi connectivity index (χ1) is 21.0. The zero-order valence-electron chi connectivity index (χ0n) is 24.7. The van der Waals surface area contributed by atoms with E-state index in [1.54, 1.807) is 11.9 Å². The molecule has 0 radical (unpaired) electrons. The molecule has 5 rings (SSSR count). The summed E-state index contributed by atoms with van der Waals surface area (Å²) in [7, 11) is -0.740. The van der Waals surface area contributed by atoms with Crippen LogP contribution in [0.2, 0.25) is 0 Å². The van der Waals surface area contributed by atoms with Crippen molar-refractivity contribution in [2.75, 3.05) is 26.0 Å². The van der Waals surface area contributed by atoms with Crippen molar-refractivity contribution in [3.05, 3.63) is 35.9 Å². The highest BCUT2D eigenvalue weighted by Crippen LogP contribution is 2.47. The lowest BCUT2D eigenvalue weighted by atomic mass is 9.93. The fraction of sp³-hybridized carbons (Fsp3) is 0.567. The van der Waals surface area contributed by atoms with Gasteiger partial charge in [0.15, 0.2) is 0 Å². The maximum atomic E-state index is 13.8. The summed E-state index contributed by atoms with van der Waals surface area (Å²) >= 11 is 0. The van der Waals surface area contributed by atoms with Crippen LogP contribution >= 0.6 is 0 Å². The number of amides is 4. The van der Waals surface area contributed by atoms with Crippen molar-refractivity contribution >= 4 is 39.5 Å². The number of methoxy groups -OCH3 is 1. The minimum atomic E-state index is -3.84. The van der Waals surface area contributed by atoms with Gasteiger partial charge in [-0.25, -0.2) is 13.2 Å². The average molecular weight is 628 g/mol. The van der Waals surface area contributed by atoms with Gasteiger partial charge >= 0.3 is 6.09 Å². The predicted octanol–water partition coefficient (Wildman–Crippen LogP) is 2.19. The Balaban J connectivity index is 1.34. The first-order valence-corrected chi connectivity index (χ1v) is 16.4. The molecule has 1 aliphatic heterocycles. The van der Waals surface area contributed by atoms with Crippen molar-refractivity contribution in [3.8, 4) is 11.8 Å². The number of sulfonamides is 1. The van der Waals surface area contributed by atoms with Crippen LogP contribution in [0.25, 0.3) is 0 Å². The molecular formula is C30H37N5O8S. The van der Waals surface area contributed by atoms with E-state index in [1.807, 2.05) is 18.2 Å². The predicted molar refractivity (Wildman–Crippen MR) is 158 cm³/mol. The van der Waals surface area contributed by atoms with Crippen molar-refractivity contribution in [1.82, 2.24) is 14.9 Å². The SMILES string of the molecule is COc1cc(C#N)cc(NC(=O)O[C@@H]2C[C@H]3C(=O)N[C@]4(C(=O)NS(=O)(=O)C5CC5)C[C@H]4/C=C\CCCCN(C)C(=O)[C@@H]3C2)c1. The minimum absolute atomic E-state index is 0.0314. The number of anilines is 1. The number of nitriles is 1. The van der Waals surface area contributed by atoms with Crippen molar-refractivity contribution in [2.24, 2.45) is 17.8 Å². The lowest BCUT2D eigenvalue weighted by molar-refractivity contribution is -0.140. The molecule has 0 saturated heterocycles. The lowest BCUT2D eigenvalue weighted by Gasteiger charge is -2.26. The molecule has 44 heavy (non-hydrogen) atoms. The summed E-state index contributed by atoms with van der Waals surface area (Å²) in [6, 6.07) is 6.48. The molecule has 0 spiro atoms. The van der Waals surface area contributed by atoms with Crippen molar-refractivity contribution in [1.29, 1.82) is 5.26 Å². The minimum Gasteiger partial charge on any atom is -0.497 e. The average Bonchev–Trinajstić information content (AvgIpc) is 3.91. The van der Waals surface area contributed by atoms with Gasteiger partial charge in [0.2, 0.25) is 21.8 Å². The van der Waals surface area contributed by atoms with Gasteiger partial charge in [0, 0.05) is 31.3 Å². The molecule has 0 unspecified atom stereocenters. The van der Waals surface area contributed by atoms with Crippen molar-refractivity contribution in [3.63, 3.8) is 0 Å². The Morgan fingerprint density at radius 3 is 2.59 bits per heavy atom. The van der Waals surface area contributed by atoms with Crippen LogP contribution in [0, 0.1) is 29.1 Å². The molecule has 3 saturated carbocycles. The highest BCUT2D eigenvalue weighted by molar-refractivity contribution is 7.91. The van der Waals surface area contributed by atoms with Crippen LogP contribution in [0.1, 0.15) is 56.9 Å². The lowest BCUT2D eigenvalue weighted by Crippen LogP contribution is -2.54. The third-order valence-electron chi connectivity index (χ3n) is 8.79. The first-order valence-electron chi connectivity index (χ1n) is 14.8.